The zero-order valence-corrected chi connectivity index (χ0v) is 11.3. The molecule has 1 aromatic carbocycles. The van der Waals surface area contributed by atoms with E-state index in [1.54, 1.807) is 12.1 Å². The van der Waals surface area contributed by atoms with Gasteiger partial charge in [0.05, 0.1) is 0 Å². The quantitative estimate of drug-likeness (QED) is 0.896. The van der Waals surface area contributed by atoms with Gasteiger partial charge in [0.2, 0.25) is 0 Å². The number of anilines is 1. The summed E-state index contributed by atoms with van der Waals surface area (Å²) >= 11 is 0. The summed E-state index contributed by atoms with van der Waals surface area (Å²) in [7, 11) is 0. The Morgan fingerprint density at radius 1 is 1.21 bits per heavy atom. The third-order valence-electron chi connectivity index (χ3n) is 2.86. The van der Waals surface area contributed by atoms with Gasteiger partial charge in [0.25, 0.3) is 0 Å². The van der Waals surface area contributed by atoms with Crippen molar-refractivity contribution in [1.29, 1.82) is 0 Å². The molecule has 0 radical (unpaired) electrons. The fourth-order valence-electron chi connectivity index (χ4n) is 1.93. The van der Waals surface area contributed by atoms with Crippen LogP contribution in [0.15, 0.2) is 30.3 Å². The van der Waals surface area contributed by atoms with E-state index in [1.165, 1.54) is 6.07 Å². The van der Waals surface area contributed by atoms with E-state index in [0.29, 0.717) is 0 Å². The number of hydrogen-bond donors (Lipinski definition) is 1. The van der Waals surface area contributed by atoms with Crippen LogP contribution in [0.5, 0.6) is 0 Å². The molecule has 1 heterocycles. The molecule has 0 aliphatic heterocycles. The maximum atomic E-state index is 13.0. The van der Waals surface area contributed by atoms with E-state index in [1.807, 2.05) is 19.1 Å². The van der Waals surface area contributed by atoms with Crippen LogP contribution in [-0.4, -0.2) is 16.5 Å². The minimum absolute atomic E-state index is 0.191. The van der Waals surface area contributed by atoms with Gasteiger partial charge in [-0.05, 0) is 37.5 Å². The van der Waals surface area contributed by atoms with Crippen LogP contribution in [0.3, 0.4) is 0 Å². The third kappa shape index (κ3) is 4.02. The van der Waals surface area contributed by atoms with Crippen LogP contribution in [0.2, 0.25) is 0 Å². The number of aryl methyl sites for hydroxylation is 2. The Morgan fingerprint density at radius 2 is 2.05 bits per heavy atom. The molecule has 4 heteroatoms. The molecule has 1 N–H and O–H groups in total. The van der Waals surface area contributed by atoms with Gasteiger partial charge in [0, 0.05) is 18.3 Å². The number of nitrogens with one attached hydrogen (secondary N) is 1. The van der Waals surface area contributed by atoms with Gasteiger partial charge in [-0.3, -0.25) is 0 Å². The monoisotopic (exact) mass is 259 g/mol. The average Bonchev–Trinajstić information content (AvgIpc) is 2.38. The van der Waals surface area contributed by atoms with E-state index >= 15 is 0 Å². The third-order valence-corrected chi connectivity index (χ3v) is 2.86. The second-order valence-corrected chi connectivity index (χ2v) is 4.45. The summed E-state index contributed by atoms with van der Waals surface area (Å²) in [6.45, 7) is 4.68. The van der Waals surface area contributed by atoms with Crippen molar-refractivity contribution in [2.75, 3.05) is 11.9 Å². The van der Waals surface area contributed by atoms with Crippen molar-refractivity contribution in [1.82, 2.24) is 9.97 Å². The van der Waals surface area contributed by atoms with E-state index in [-0.39, 0.29) is 5.82 Å². The number of halogens is 1. The first kappa shape index (κ1) is 13.5. The molecule has 2 rings (SSSR count). The molecule has 0 saturated carbocycles. The van der Waals surface area contributed by atoms with Crippen molar-refractivity contribution < 1.29 is 4.39 Å². The Bertz CT molecular complexity index is 555. The first-order valence-electron chi connectivity index (χ1n) is 6.50. The predicted molar refractivity (Wildman–Crippen MR) is 74.7 cm³/mol. The van der Waals surface area contributed by atoms with Crippen molar-refractivity contribution in [2.45, 2.75) is 26.7 Å². The Balaban J connectivity index is 1.94. The Morgan fingerprint density at radius 3 is 2.79 bits per heavy atom. The second-order valence-electron chi connectivity index (χ2n) is 4.45. The van der Waals surface area contributed by atoms with Crippen molar-refractivity contribution in [3.63, 3.8) is 0 Å². The maximum Gasteiger partial charge on any atom is 0.129 e. The molecule has 0 bridgehead atoms. The summed E-state index contributed by atoms with van der Waals surface area (Å²) in [6, 6.07) is 8.63. The number of hydrogen-bond acceptors (Lipinski definition) is 3. The van der Waals surface area contributed by atoms with Crippen LogP contribution in [0.25, 0.3) is 0 Å². The average molecular weight is 259 g/mol. The highest BCUT2D eigenvalue weighted by Crippen LogP contribution is 2.08. The van der Waals surface area contributed by atoms with Gasteiger partial charge >= 0.3 is 0 Å². The van der Waals surface area contributed by atoms with Crippen molar-refractivity contribution in [3.8, 4) is 0 Å². The molecule has 3 nitrogen and oxygen atoms in total. The van der Waals surface area contributed by atoms with Crippen LogP contribution in [-0.2, 0) is 12.8 Å². The first-order chi connectivity index (χ1) is 9.17. The topological polar surface area (TPSA) is 37.8 Å². The largest absolute Gasteiger partial charge is 0.370 e. The molecule has 0 amide bonds. The molecule has 19 heavy (non-hydrogen) atoms. The molecule has 100 valence electrons. The summed E-state index contributed by atoms with van der Waals surface area (Å²) in [5, 5.41) is 3.25. The standard InChI is InChI=1S/C15H18FN3/c1-3-14-10-15(19-11(2)18-14)17-8-7-12-5-4-6-13(16)9-12/h4-6,9-10H,3,7-8H2,1-2H3,(H,17,18,19). The van der Waals surface area contributed by atoms with Gasteiger partial charge in [-0.1, -0.05) is 19.1 Å². The first-order valence-corrected chi connectivity index (χ1v) is 6.50. The van der Waals surface area contributed by atoms with Gasteiger partial charge in [-0.25, -0.2) is 14.4 Å². The lowest BCUT2D eigenvalue weighted by Crippen LogP contribution is -2.08. The van der Waals surface area contributed by atoms with E-state index in [0.717, 1.165) is 42.3 Å². The number of rotatable bonds is 5. The van der Waals surface area contributed by atoms with E-state index in [2.05, 4.69) is 22.2 Å². The highest BCUT2D eigenvalue weighted by atomic mass is 19.1. The Hall–Kier alpha value is -1.97. The smallest absolute Gasteiger partial charge is 0.129 e. The minimum Gasteiger partial charge on any atom is -0.370 e. The van der Waals surface area contributed by atoms with Crippen LogP contribution in [0.4, 0.5) is 10.2 Å². The van der Waals surface area contributed by atoms with Crippen LogP contribution < -0.4 is 5.32 Å². The van der Waals surface area contributed by atoms with Crippen LogP contribution >= 0.6 is 0 Å². The summed E-state index contributed by atoms with van der Waals surface area (Å²) in [4.78, 5) is 8.66. The van der Waals surface area contributed by atoms with Crippen molar-refractivity contribution in [2.24, 2.45) is 0 Å². The van der Waals surface area contributed by atoms with E-state index in [9.17, 15) is 4.39 Å². The zero-order valence-electron chi connectivity index (χ0n) is 11.3. The summed E-state index contributed by atoms with van der Waals surface area (Å²) in [6.07, 6.45) is 1.66. The summed E-state index contributed by atoms with van der Waals surface area (Å²) in [5.41, 5.74) is 2.01. The molecule has 0 aliphatic rings. The molecule has 0 spiro atoms. The fourth-order valence-corrected chi connectivity index (χ4v) is 1.93. The highest BCUT2D eigenvalue weighted by Gasteiger charge is 2.00. The van der Waals surface area contributed by atoms with Gasteiger partial charge in [-0.15, -0.1) is 0 Å². The molecule has 0 unspecified atom stereocenters. The van der Waals surface area contributed by atoms with Crippen LogP contribution in [0.1, 0.15) is 24.0 Å². The highest BCUT2D eigenvalue weighted by molar-refractivity contribution is 5.36. The Labute approximate surface area is 112 Å². The minimum atomic E-state index is -0.191. The maximum absolute atomic E-state index is 13.0. The summed E-state index contributed by atoms with van der Waals surface area (Å²) in [5.74, 6) is 1.41. The lowest BCUT2D eigenvalue weighted by atomic mass is 10.1. The molecule has 0 atom stereocenters. The molecule has 0 fully saturated rings. The van der Waals surface area contributed by atoms with Gasteiger partial charge in [0.1, 0.15) is 17.5 Å². The van der Waals surface area contributed by atoms with Crippen molar-refractivity contribution >= 4 is 5.82 Å². The lowest BCUT2D eigenvalue weighted by Gasteiger charge is -2.08. The van der Waals surface area contributed by atoms with Gasteiger partial charge in [0.15, 0.2) is 0 Å². The van der Waals surface area contributed by atoms with Crippen LogP contribution in [0, 0.1) is 12.7 Å². The predicted octanol–water partition coefficient (Wildman–Crippen LogP) is 3.14. The molecule has 2 aromatic rings. The molecule has 0 saturated heterocycles. The second kappa shape index (κ2) is 6.27. The van der Waals surface area contributed by atoms with Gasteiger partial charge in [-0.2, -0.15) is 0 Å². The van der Waals surface area contributed by atoms with Crippen molar-refractivity contribution in [3.05, 3.63) is 53.2 Å². The number of benzene rings is 1. The van der Waals surface area contributed by atoms with Gasteiger partial charge < -0.3 is 5.32 Å². The lowest BCUT2D eigenvalue weighted by molar-refractivity contribution is 0.625. The number of aromatic nitrogens is 2. The molecular weight excluding hydrogens is 241 g/mol. The molecule has 1 aromatic heterocycles. The normalized spacial score (nSPS) is 10.5. The van der Waals surface area contributed by atoms with E-state index < -0.39 is 0 Å². The fraction of sp³-hybridized carbons (Fsp3) is 0.333. The van der Waals surface area contributed by atoms with E-state index in [4.69, 9.17) is 0 Å². The molecular formula is C15H18FN3. The SMILES string of the molecule is CCc1cc(NCCc2cccc(F)c2)nc(C)n1. The number of nitrogens with zero attached hydrogens (tertiary/aromatic N) is 2. The molecule has 0 aliphatic carbocycles. The zero-order chi connectivity index (χ0) is 13.7. The Kier molecular flexibility index (Phi) is 4.44. The summed E-state index contributed by atoms with van der Waals surface area (Å²) < 4.78 is 13.0.